The van der Waals surface area contributed by atoms with Crippen LogP contribution < -0.4 is 0 Å². The molecule has 0 heterocycles. The lowest BCUT2D eigenvalue weighted by Crippen LogP contribution is -2.39. The Morgan fingerprint density at radius 1 is 0.696 bits per heavy atom. The minimum atomic E-state index is -1.04. The van der Waals surface area contributed by atoms with E-state index in [1.165, 1.54) is 0 Å². The number of fused-ring (bicyclic) bond motifs is 2. The van der Waals surface area contributed by atoms with E-state index in [1.54, 1.807) is 0 Å². The molecule has 2 nitrogen and oxygen atoms in total. The van der Waals surface area contributed by atoms with Crippen molar-refractivity contribution in [3.8, 4) is 0 Å². The van der Waals surface area contributed by atoms with Gasteiger partial charge in [0, 0.05) is 6.42 Å². The predicted molar refractivity (Wildman–Crippen MR) is 92.6 cm³/mol. The van der Waals surface area contributed by atoms with Gasteiger partial charge in [-0.2, -0.15) is 0 Å². The molecule has 0 bridgehead atoms. The Bertz CT molecular complexity index is 737. The summed E-state index contributed by atoms with van der Waals surface area (Å²) in [6, 6.07) is 15.8. The van der Waals surface area contributed by atoms with Crippen LogP contribution in [0.3, 0.4) is 0 Å². The summed E-state index contributed by atoms with van der Waals surface area (Å²) < 4.78 is 0. The fourth-order valence-corrected chi connectivity index (χ4v) is 3.93. The number of aliphatic hydroxyl groups is 2. The Labute approximate surface area is 136 Å². The van der Waals surface area contributed by atoms with Gasteiger partial charge < -0.3 is 10.2 Å². The van der Waals surface area contributed by atoms with E-state index >= 15 is 0 Å². The fourth-order valence-electron chi connectivity index (χ4n) is 3.93. The van der Waals surface area contributed by atoms with Crippen molar-refractivity contribution in [1.82, 2.24) is 0 Å². The Balaban J connectivity index is 1.76. The summed E-state index contributed by atoms with van der Waals surface area (Å²) in [7, 11) is 0. The molecule has 2 heteroatoms. The molecule has 23 heavy (non-hydrogen) atoms. The van der Waals surface area contributed by atoms with Gasteiger partial charge in [0.25, 0.3) is 0 Å². The van der Waals surface area contributed by atoms with Crippen molar-refractivity contribution in [3.63, 3.8) is 0 Å². The first kappa shape index (κ1) is 14.4. The molecule has 0 radical (unpaired) electrons. The lowest BCUT2D eigenvalue weighted by molar-refractivity contribution is -0.0711. The normalized spacial score (nSPS) is 28.3. The SMILES string of the molecule is OC1(CC2(O)CC=Cc3ccccc32)CC=Cc2ccccc21. The maximum Gasteiger partial charge on any atom is 0.0967 e. The molecule has 0 saturated heterocycles. The van der Waals surface area contributed by atoms with Crippen LogP contribution >= 0.6 is 0 Å². The lowest BCUT2D eigenvalue weighted by Gasteiger charge is -2.41. The largest absolute Gasteiger partial charge is 0.385 e. The number of rotatable bonds is 2. The Morgan fingerprint density at radius 3 is 1.61 bits per heavy atom. The number of benzene rings is 2. The average Bonchev–Trinajstić information content (AvgIpc) is 2.55. The van der Waals surface area contributed by atoms with Gasteiger partial charge >= 0.3 is 0 Å². The molecule has 2 N–H and O–H groups in total. The molecular weight excluding hydrogens is 284 g/mol. The summed E-state index contributed by atoms with van der Waals surface area (Å²) in [5, 5.41) is 22.7. The first-order valence-corrected chi connectivity index (χ1v) is 8.08. The Kier molecular flexibility index (Phi) is 3.26. The first-order valence-electron chi connectivity index (χ1n) is 8.08. The molecule has 4 rings (SSSR count). The van der Waals surface area contributed by atoms with Gasteiger partial charge in [0.15, 0.2) is 0 Å². The van der Waals surface area contributed by atoms with Crippen LogP contribution in [-0.2, 0) is 11.2 Å². The van der Waals surface area contributed by atoms with Crippen LogP contribution in [0.5, 0.6) is 0 Å². The van der Waals surface area contributed by atoms with Gasteiger partial charge in [0.2, 0.25) is 0 Å². The molecule has 0 saturated carbocycles. The molecule has 2 aliphatic carbocycles. The molecule has 0 fully saturated rings. The summed E-state index contributed by atoms with van der Waals surface area (Å²) in [6.45, 7) is 0. The average molecular weight is 304 g/mol. The molecule has 2 unspecified atom stereocenters. The third kappa shape index (κ3) is 2.35. The minimum Gasteiger partial charge on any atom is -0.385 e. The van der Waals surface area contributed by atoms with Gasteiger partial charge in [-0.1, -0.05) is 72.8 Å². The van der Waals surface area contributed by atoms with E-state index in [0.717, 1.165) is 22.3 Å². The topological polar surface area (TPSA) is 40.5 Å². The van der Waals surface area contributed by atoms with E-state index in [0.29, 0.717) is 19.3 Å². The van der Waals surface area contributed by atoms with E-state index in [9.17, 15) is 10.2 Å². The van der Waals surface area contributed by atoms with Crippen molar-refractivity contribution < 1.29 is 10.2 Å². The van der Waals surface area contributed by atoms with Crippen LogP contribution in [0.2, 0.25) is 0 Å². The molecular formula is C21H20O2. The molecule has 2 aromatic carbocycles. The summed E-state index contributed by atoms with van der Waals surface area (Å²) in [6.07, 6.45) is 9.43. The van der Waals surface area contributed by atoms with Gasteiger partial charge in [0.1, 0.15) is 0 Å². The van der Waals surface area contributed by atoms with E-state index < -0.39 is 11.2 Å². The second-order valence-corrected chi connectivity index (χ2v) is 6.63. The monoisotopic (exact) mass is 304 g/mol. The molecule has 0 spiro atoms. The van der Waals surface area contributed by atoms with E-state index in [1.807, 2.05) is 72.8 Å². The third-order valence-corrected chi connectivity index (χ3v) is 5.02. The summed E-state index contributed by atoms with van der Waals surface area (Å²) in [4.78, 5) is 0. The van der Waals surface area contributed by atoms with Crippen molar-refractivity contribution >= 4 is 12.2 Å². The maximum atomic E-state index is 11.3. The molecule has 0 amide bonds. The summed E-state index contributed by atoms with van der Waals surface area (Å²) in [5.41, 5.74) is 1.79. The van der Waals surface area contributed by atoms with E-state index in [4.69, 9.17) is 0 Å². The van der Waals surface area contributed by atoms with Gasteiger partial charge in [-0.25, -0.2) is 0 Å². The van der Waals surface area contributed by atoms with Crippen molar-refractivity contribution in [1.29, 1.82) is 0 Å². The van der Waals surface area contributed by atoms with Crippen molar-refractivity contribution in [2.24, 2.45) is 0 Å². The van der Waals surface area contributed by atoms with E-state index in [2.05, 4.69) is 0 Å². The maximum absolute atomic E-state index is 11.3. The van der Waals surface area contributed by atoms with Crippen LogP contribution in [0, 0.1) is 0 Å². The number of hydrogen-bond donors (Lipinski definition) is 2. The van der Waals surface area contributed by atoms with Gasteiger partial charge in [-0.15, -0.1) is 0 Å². The highest BCUT2D eigenvalue weighted by molar-refractivity contribution is 5.60. The highest BCUT2D eigenvalue weighted by Gasteiger charge is 2.43. The zero-order chi connectivity index (χ0) is 15.9. The summed E-state index contributed by atoms with van der Waals surface area (Å²) in [5.74, 6) is 0. The molecule has 0 aromatic heterocycles. The second kappa shape index (κ2) is 5.19. The van der Waals surface area contributed by atoms with Crippen LogP contribution in [0.15, 0.2) is 60.7 Å². The van der Waals surface area contributed by atoms with Crippen LogP contribution in [0.1, 0.15) is 41.5 Å². The summed E-state index contributed by atoms with van der Waals surface area (Å²) >= 11 is 0. The Morgan fingerprint density at radius 2 is 1.13 bits per heavy atom. The molecule has 2 atom stereocenters. The molecule has 0 aliphatic heterocycles. The van der Waals surface area contributed by atoms with Crippen LogP contribution in [0.25, 0.3) is 12.2 Å². The fraction of sp³-hybridized carbons (Fsp3) is 0.238. The van der Waals surface area contributed by atoms with Crippen LogP contribution in [-0.4, -0.2) is 10.2 Å². The molecule has 2 aliphatic rings. The smallest absolute Gasteiger partial charge is 0.0967 e. The van der Waals surface area contributed by atoms with Gasteiger partial charge in [-0.05, 0) is 35.1 Å². The van der Waals surface area contributed by atoms with Gasteiger partial charge in [0.05, 0.1) is 11.2 Å². The highest BCUT2D eigenvalue weighted by Crippen LogP contribution is 2.46. The quantitative estimate of drug-likeness (QED) is 0.881. The molecule has 116 valence electrons. The first-order chi connectivity index (χ1) is 11.1. The second-order valence-electron chi connectivity index (χ2n) is 6.63. The van der Waals surface area contributed by atoms with Crippen molar-refractivity contribution in [2.75, 3.05) is 0 Å². The Hall–Kier alpha value is -2.16. The lowest BCUT2D eigenvalue weighted by atomic mass is 9.71. The zero-order valence-electron chi connectivity index (χ0n) is 12.9. The minimum absolute atomic E-state index is 0.294. The number of hydrogen-bond acceptors (Lipinski definition) is 2. The predicted octanol–water partition coefficient (Wildman–Crippen LogP) is 3.99. The van der Waals surface area contributed by atoms with Gasteiger partial charge in [-0.3, -0.25) is 0 Å². The molecule has 2 aromatic rings. The standard InChI is InChI=1S/C21H20O2/c22-20(13-5-9-16-7-1-3-11-18(16)20)15-21(23)14-6-10-17-8-2-4-12-19(17)21/h1-12,22-23H,13-15H2. The highest BCUT2D eigenvalue weighted by atomic mass is 16.3. The van der Waals surface area contributed by atoms with E-state index in [-0.39, 0.29) is 0 Å². The van der Waals surface area contributed by atoms with Crippen molar-refractivity contribution in [2.45, 2.75) is 30.5 Å². The van der Waals surface area contributed by atoms with Crippen LogP contribution in [0.4, 0.5) is 0 Å². The zero-order valence-corrected chi connectivity index (χ0v) is 12.9. The van der Waals surface area contributed by atoms with Crippen molar-refractivity contribution in [3.05, 3.63) is 82.9 Å². The third-order valence-electron chi connectivity index (χ3n) is 5.02.